The number of benzene rings is 1. The van der Waals surface area contributed by atoms with E-state index in [-0.39, 0.29) is 23.7 Å². The number of amides is 2. The summed E-state index contributed by atoms with van der Waals surface area (Å²) in [6.07, 6.45) is 2.85. The molecule has 0 saturated carbocycles. The van der Waals surface area contributed by atoms with Gasteiger partial charge in [0, 0.05) is 30.4 Å². The minimum absolute atomic E-state index is 0.0350. The van der Waals surface area contributed by atoms with Gasteiger partial charge >= 0.3 is 0 Å². The Bertz CT molecular complexity index is 810. The van der Waals surface area contributed by atoms with Gasteiger partial charge in [-0.25, -0.2) is 0 Å². The number of anilines is 1. The third-order valence-electron chi connectivity index (χ3n) is 6.45. The van der Waals surface area contributed by atoms with Crippen molar-refractivity contribution in [3.63, 3.8) is 0 Å². The van der Waals surface area contributed by atoms with Gasteiger partial charge in [0.25, 0.3) is 0 Å². The van der Waals surface area contributed by atoms with E-state index >= 15 is 0 Å². The zero-order chi connectivity index (χ0) is 17.2. The number of carbonyl (C=O) groups excluding carboxylic acids is 2. The van der Waals surface area contributed by atoms with Gasteiger partial charge < -0.3 is 10.2 Å². The third kappa shape index (κ3) is 1.77. The maximum Gasteiger partial charge on any atom is 0.250 e. The molecule has 4 aliphatic heterocycles. The van der Waals surface area contributed by atoms with Crippen LogP contribution in [0.4, 0.5) is 5.69 Å². The fraction of sp³-hybridized carbons (Fsp3) is 0.526. The van der Waals surface area contributed by atoms with Crippen LogP contribution in [0.25, 0.3) is 0 Å². The highest BCUT2D eigenvalue weighted by molar-refractivity contribution is 6.09. The molecule has 3 fully saturated rings. The number of likely N-dealkylation sites (tertiary alicyclic amines) is 1. The van der Waals surface area contributed by atoms with E-state index < -0.39 is 5.54 Å². The molecular formula is C19H20N4O2. The van der Waals surface area contributed by atoms with Gasteiger partial charge in [0.05, 0.1) is 17.9 Å². The van der Waals surface area contributed by atoms with E-state index in [1.807, 2.05) is 24.3 Å². The molecule has 1 N–H and O–H groups in total. The minimum Gasteiger partial charge on any atom is -0.340 e. The van der Waals surface area contributed by atoms with Crippen molar-refractivity contribution in [2.24, 2.45) is 11.8 Å². The lowest BCUT2D eigenvalue weighted by molar-refractivity contribution is -0.148. The van der Waals surface area contributed by atoms with Crippen LogP contribution in [0.1, 0.15) is 24.8 Å². The number of nitrogens with one attached hydrogen (secondary N) is 1. The molecule has 4 aliphatic rings. The molecular weight excluding hydrogens is 316 g/mol. The molecule has 0 aromatic heterocycles. The van der Waals surface area contributed by atoms with Crippen LogP contribution >= 0.6 is 0 Å². The molecule has 0 unspecified atom stereocenters. The van der Waals surface area contributed by atoms with Crippen molar-refractivity contribution in [3.05, 3.63) is 29.8 Å². The summed E-state index contributed by atoms with van der Waals surface area (Å²) in [6, 6.07) is 10.3. The average Bonchev–Trinajstić information content (AvgIpc) is 3.21. The van der Waals surface area contributed by atoms with Gasteiger partial charge in [-0.3, -0.25) is 14.5 Å². The summed E-state index contributed by atoms with van der Waals surface area (Å²) in [5.41, 5.74) is 0.906. The summed E-state index contributed by atoms with van der Waals surface area (Å²) < 4.78 is 0. The first-order valence-corrected chi connectivity index (χ1v) is 9.02. The Balaban J connectivity index is 1.58. The van der Waals surface area contributed by atoms with Crippen LogP contribution in [0.15, 0.2) is 24.3 Å². The predicted molar refractivity (Wildman–Crippen MR) is 90.3 cm³/mol. The van der Waals surface area contributed by atoms with E-state index in [2.05, 4.69) is 16.3 Å². The van der Waals surface area contributed by atoms with Crippen molar-refractivity contribution in [3.8, 4) is 6.07 Å². The molecule has 1 spiro atoms. The van der Waals surface area contributed by atoms with E-state index in [1.165, 1.54) is 0 Å². The molecule has 0 aliphatic carbocycles. The highest BCUT2D eigenvalue weighted by Gasteiger charge is 2.66. The summed E-state index contributed by atoms with van der Waals surface area (Å²) >= 11 is 0. The van der Waals surface area contributed by atoms with Gasteiger partial charge in [-0.05, 0) is 31.9 Å². The van der Waals surface area contributed by atoms with Crippen LogP contribution in [0.5, 0.6) is 0 Å². The Morgan fingerprint density at radius 1 is 1.32 bits per heavy atom. The van der Waals surface area contributed by atoms with E-state index in [1.54, 1.807) is 4.90 Å². The monoisotopic (exact) mass is 336 g/mol. The maximum atomic E-state index is 13.2. The average molecular weight is 336 g/mol. The Kier molecular flexibility index (Phi) is 3.02. The van der Waals surface area contributed by atoms with Gasteiger partial charge in [-0.1, -0.05) is 18.2 Å². The highest BCUT2D eigenvalue weighted by atomic mass is 16.2. The standard InChI is InChI=1S/C19H20N4O2/c20-9-12-10-22(11-12)17(24)15-8-13-4-3-7-23(13)19(15)14-5-1-2-6-16(14)21-18(19)25/h1-2,5-6,12-13,15H,3-4,7-8,10-11H2,(H,21,25)/t13-,15+,19+/m1/s1. The lowest BCUT2D eigenvalue weighted by atomic mass is 9.77. The number of hydrogen-bond donors (Lipinski definition) is 1. The second-order valence-electron chi connectivity index (χ2n) is 7.61. The third-order valence-corrected chi connectivity index (χ3v) is 6.45. The zero-order valence-electron chi connectivity index (χ0n) is 13.9. The molecule has 6 heteroatoms. The topological polar surface area (TPSA) is 76.4 Å². The Labute approximate surface area is 146 Å². The normalized spacial score (nSPS) is 33.7. The molecule has 3 saturated heterocycles. The quantitative estimate of drug-likeness (QED) is 0.839. The highest BCUT2D eigenvalue weighted by Crippen LogP contribution is 2.55. The molecule has 3 atom stereocenters. The Morgan fingerprint density at radius 2 is 2.12 bits per heavy atom. The minimum atomic E-state index is -0.868. The number of rotatable bonds is 1. The van der Waals surface area contributed by atoms with Crippen molar-refractivity contribution in [2.45, 2.75) is 30.8 Å². The number of nitriles is 1. The fourth-order valence-electron chi connectivity index (χ4n) is 5.32. The summed E-state index contributed by atoms with van der Waals surface area (Å²) in [7, 11) is 0. The van der Waals surface area contributed by atoms with Gasteiger partial charge in [0.15, 0.2) is 0 Å². The zero-order valence-corrected chi connectivity index (χ0v) is 13.9. The molecule has 128 valence electrons. The van der Waals surface area contributed by atoms with Crippen molar-refractivity contribution < 1.29 is 9.59 Å². The number of para-hydroxylation sites is 1. The van der Waals surface area contributed by atoms with Gasteiger partial charge in [-0.15, -0.1) is 0 Å². The molecule has 2 amide bonds. The summed E-state index contributed by atoms with van der Waals surface area (Å²) in [6.45, 7) is 1.85. The lowest BCUT2D eigenvalue weighted by Crippen LogP contribution is -2.58. The van der Waals surface area contributed by atoms with Crippen molar-refractivity contribution >= 4 is 17.5 Å². The van der Waals surface area contributed by atoms with Crippen LogP contribution in [0, 0.1) is 23.2 Å². The Hall–Kier alpha value is -2.39. The van der Waals surface area contributed by atoms with E-state index in [0.29, 0.717) is 19.1 Å². The molecule has 0 radical (unpaired) electrons. The second kappa shape index (κ2) is 5.06. The largest absolute Gasteiger partial charge is 0.340 e. The predicted octanol–water partition coefficient (Wildman–Crippen LogP) is 1.30. The number of nitrogens with zero attached hydrogens (tertiary/aromatic N) is 3. The van der Waals surface area contributed by atoms with Crippen molar-refractivity contribution in [1.82, 2.24) is 9.80 Å². The number of fused-ring (bicyclic) bond motifs is 4. The van der Waals surface area contributed by atoms with Gasteiger partial charge in [0.1, 0.15) is 5.54 Å². The fourth-order valence-corrected chi connectivity index (χ4v) is 5.32. The molecule has 4 heterocycles. The van der Waals surface area contributed by atoms with Crippen LogP contribution in [0.2, 0.25) is 0 Å². The SMILES string of the molecule is N#CC1CN(C(=O)[C@@H]2C[C@H]3CCCN3[C@]23C(=O)Nc2ccccc23)C1. The summed E-state index contributed by atoms with van der Waals surface area (Å²) in [5.74, 6) is -0.451. The van der Waals surface area contributed by atoms with E-state index in [9.17, 15) is 9.59 Å². The molecule has 25 heavy (non-hydrogen) atoms. The molecule has 1 aromatic carbocycles. The van der Waals surface area contributed by atoms with Crippen LogP contribution < -0.4 is 5.32 Å². The first-order chi connectivity index (χ1) is 12.2. The Morgan fingerprint density at radius 3 is 2.92 bits per heavy atom. The smallest absolute Gasteiger partial charge is 0.250 e. The molecule has 0 bridgehead atoms. The van der Waals surface area contributed by atoms with Crippen LogP contribution in [0.3, 0.4) is 0 Å². The van der Waals surface area contributed by atoms with Gasteiger partial charge in [0.2, 0.25) is 11.8 Å². The molecule has 1 aromatic rings. The number of hydrogen-bond acceptors (Lipinski definition) is 4. The maximum absolute atomic E-state index is 13.2. The van der Waals surface area contributed by atoms with Crippen molar-refractivity contribution in [1.29, 1.82) is 5.26 Å². The first kappa shape index (κ1) is 14.9. The van der Waals surface area contributed by atoms with Crippen molar-refractivity contribution in [2.75, 3.05) is 25.0 Å². The second-order valence-corrected chi connectivity index (χ2v) is 7.61. The molecule has 5 rings (SSSR count). The van der Waals surface area contributed by atoms with E-state index in [4.69, 9.17) is 5.26 Å². The summed E-state index contributed by atoms with van der Waals surface area (Å²) in [5, 5.41) is 12.0. The number of carbonyl (C=O) groups is 2. The molecule has 6 nitrogen and oxygen atoms in total. The van der Waals surface area contributed by atoms with Crippen LogP contribution in [-0.2, 0) is 15.1 Å². The van der Waals surface area contributed by atoms with Gasteiger partial charge in [-0.2, -0.15) is 5.26 Å². The first-order valence-electron chi connectivity index (χ1n) is 9.02. The van der Waals surface area contributed by atoms with E-state index in [0.717, 1.165) is 37.1 Å². The van der Waals surface area contributed by atoms with Crippen LogP contribution in [-0.4, -0.2) is 47.3 Å². The lowest BCUT2D eigenvalue weighted by Gasteiger charge is -2.42. The summed E-state index contributed by atoms with van der Waals surface area (Å²) in [4.78, 5) is 30.5.